The lowest BCUT2D eigenvalue weighted by molar-refractivity contribution is 0.103. The number of nitrogens with zero attached hydrogens (tertiary/aromatic N) is 1. The zero-order valence-corrected chi connectivity index (χ0v) is 12.6. The molecule has 0 radical (unpaired) electrons. The van der Waals surface area contributed by atoms with Crippen molar-refractivity contribution in [2.75, 3.05) is 0 Å². The quantitative estimate of drug-likeness (QED) is 0.478. The van der Waals surface area contributed by atoms with E-state index in [2.05, 4.69) is 39.4 Å². The minimum Gasteiger partial charge on any atom is -0.345 e. The van der Waals surface area contributed by atoms with E-state index in [4.69, 9.17) is 0 Å². The van der Waals surface area contributed by atoms with Crippen LogP contribution in [0, 0.1) is 0 Å². The normalized spacial score (nSPS) is 10.8. The molecule has 2 aromatic rings. The summed E-state index contributed by atoms with van der Waals surface area (Å²) in [5, 5.41) is 0.844. The maximum absolute atomic E-state index is 12.4. The van der Waals surface area contributed by atoms with E-state index in [9.17, 15) is 4.79 Å². The van der Waals surface area contributed by atoms with Crippen molar-refractivity contribution in [1.82, 2.24) is 9.97 Å². The van der Waals surface area contributed by atoms with Gasteiger partial charge in [-0.15, -0.1) is 0 Å². The lowest BCUT2D eigenvalue weighted by Crippen LogP contribution is -2.01. The summed E-state index contributed by atoms with van der Waals surface area (Å²) in [6, 6.07) is 1.91. The molecule has 2 aromatic heterocycles. The molecule has 0 saturated heterocycles. The highest BCUT2D eigenvalue weighted by Gasteiger charge is 2.15. The van der Waals surface area contributed by atoms with Crippen molar-refractivity contribution in [3.63, 3.8) is 0 Å². The van der Waals surface area contributed by atoms with Gasteiger partial charge in [-0.05, 0) is 40.4 Å². The maximum atomic E-state index is 12.4. The Kier molecular flexibility index (Phi) is 4.53. The first-order valence-electron chi connectivity index (χ1n) is 6.48. The predicted molar refractivity (Wildman–Crippen MR) is 81.4 cm³/mol. The molecular formula is C15H17BrN2O. The van der Waals surface area contributed by atoms with Gasteiger partial charge in [0.05, 0.1) is 0 Å². The molecule has 100 valence electrons. The number of hydrogen-bond acceptors (Lipinski definition) is 2. The van der Waals surface area contributed by atoms with E-state index in [1.807, 2.05) is 6.07 Å². The Morgan fingerprint density at radius 1 is 1.47 bits per heavy atom. The van der Waals surface area contributed by atoms with Gasteiger partial charge >= 0.3 is 0 Å². The minimum atomic E-state index is 0.0160. The summed E-state index contributed by atoms with van der Waals surface area (Å²) >= 11 is 3.38. The number of carbonyl (C=O) groups is 1. The highest BCUT2D eigenvalue weighted by atomic mass is 79.9. The van der Waals surface area contributed by atoms with Crippen LogP contribution in [-0.2, 0) is 0 Å². The number of unbranched alkanes of at least 4 members (excludes halogenated alkanes) is 2. The highest BCUT2D eigenvalue weighted by Crippen LogP contribution is 2.23. The fourth-order valence-electron chi connectivity index (χ4n) is 2.06. The van der Waals surface area contributed by atoms with Crippen LogP contribution in [0.25, 0.3) is 11.0 Å². The van der Waals surface area contributed by atoms with Crippen LogP contribution in [-0.4, -0.2) is 15.8 Å². The summed E-state index contributed by atoms with van der Waals surface area (Å²) in [7, 11) is 0. The molecule has 4 heteroatoms. The van der Waals surface area contributed by atoms with E-state index >= 15 is 0 Å². The van der Waals surface area contributed by atoms with Crippen LogP contribution in [0.2, 0.25) is 0 Å². The minimum absolute atomic E-state index is 0.0160. The first-order valence-corrected chi connectivity index (χ1v) is 7.28. The van der Waals surface area contributed by atoms with Crippen molar-refractivity contribution in [2.45, 2.75) is 32.6 Å². The first kappa shape index (κ1) is 14.0. The number of Topliss-reactive ketones (excluding diaryl/α,β-unsaturated/α-hetero) is 1. The van der Waals surface area contributed by atoms with Crippen molar-refractivity contribution >= 4 is 32.7 Å². The molecule has 3 nitrogen and oxygen atoms in total. The molecule has 0 bridgehead atoms. The molecule has 0 aliphatic carbocycles. The molecule has 0 aliphatic rings. The fourth-order valence-corrected chi connectivity index (χ4v) is 2.39. The Bertz CT molecular complexity index is 616. The van der Waals surface area contributed by atoms with Crippen LogP contribution >= 0.6 is 15.9 Å². The number of hydrogen-bond donors (Lipinski definition) is 1. The molecule has 2 rings (SSSR count). The van der Waals surface area contributed by atoms with Gasteiger partial charge in [0.25, 0.3) is 0 Å². The molecule has 0 aliphatic heterocycles. The molecule has 0 amide bonds. The Morgan fingerprint density at radius 2 is 2.26 bits per heavy atom. The van der Waals surface area contributed by atoms with E-state index in [1.165, 1.54) is 0 Å². The number of ketones is 1. The van der Waals surface area contributed by atoms with Gasteiger partial charge in [-0.3, -0.25) is 4.79 Å². The number of halogens is 1. The van der Waals surface area contributed by atoms with Gasteiger partial charge < -0.3 is 4.98 Å². The second-order valence-corrected chi connectivity index (χ2v) is 5.56. The van der Waals surface area contributed by atoms with Crippen LogP contribution < -0.4 is 0 Å². The van der Waals surface area contributed by atoms with Crippen LogP contribution in [0.1, 0.15) is 43.0 Å². The van der Waals surface area contributed by atoms with Gasteiger partial charge in [0.15, 0.2) is 5.78 Å². The van der Waals surface area contributed by atoms with Crippen molar-refractivity contribution in [1.29, 1.82) is 0 Å². The van der Waals surface area contributed by atoms with Crippen molar-refractivity contribution < 1.29 is 4.79 Å². The predicted octanol–water partition coefficient (Wildman–Crippen LogP) is 4.64. The van der Waals surface area contributed by atoms with Crippen LogP contribution in [0.3, 0.4) is 0 Å². The van der Waals surface area contributed by atoms with Gasteiger partial charge in [0, 0.05) is 27.8 Å². The average Bonchev–Trinajstić information content (AvgIpc) is 2.80. The van der Waals surface area contributed by atoms with E-state index in [0.29, 0.717) is 11.1 Å². The average molecular weight is 321 g/mol. The molecule has 0 atom stereocenters. The Labute approximate surface area is 121 Å². The van der Waals surface area contributed by atoms with Crippen LogP contribution in [0.15, 0.2) is 35.1 Å². The Morgan fingerprint density at radius 3 is 3.00 bits per heavy atom. The van der Waals surface area contributed by atoms with Gasteiger partial charge in [-0.2, -0.15) is 0 Å². The molecule has 0 saturated carbocycles. The van der Waals surface area contributed by atoms with Gasteiger partial charge in [-0.1, -0.05) is 26.3 Å². The number of nitrogens with one attached hydrogen (secondary N) is 1. The van der Waals surface area contributed by atoms with Crippen LogP contribution in [0.4, 0.5) is 0 Å². The van der Waals surface area contributed by atoms with E-state index in [0.717, 1.165) is 41.2 Å². The summed E-state index contributed by atoms with van der Waals surface area (Å²) in [6.07, 6.45) is 7.49. The molecule has 0 spiro atoms. The van der Waals surface area contributed by atoms with Crippen molar-refractivity contribution in [3.8, 4) is 0 Å². The Hall–Kier alpha value is -1.42. The number of carbonyl (C=O) groups excluding carboxylic acids is 1. The fraction of sp³-hybridized carbons (Fsp3) is 0.333. The maximum Gasteiger partial charge on any atom is 0.190 e. The summed E-state index contributed by atoms with van der Waals surface area (Å²) in [4.78, 5) is 19.6. The monoisotopic (exact) mass is 320 g/mol. The van der Waals surface area contributed by atoms with Gasteiger partial charge in [0.2, 0.25) is 0 Å². The third-order valence-corrected chi connectivity index (χ3v) is 3.58. The molecule has 1 N–H and O–H groups in total. The second kappa shape index (κ2) is 6.15. The number of allylic oxidation sites excluding steroid dienone is 1. The first-order chi connectivity index (χ1) is 9.13. The zero-order chi connectivity index (χ0) is 13.8. The molecule has 19 heavy (non-hydrogen) atoms. The second-order valence-electron chi connectivity index (χ2n) is 4.64. The van der Waals surface area contributed by atoms with Crippen molar-refractivity contribution in [2.24, 2.45) is 0 Å². The third kappa shape index (κ3) is 3.13. The highest BCUT2D eigenvalue weighted by molar-refractivity contribution is 9.10. The largest absolute Gasteiger partial charge is 0.345 e. The SMILES string of the molecule is C=C(CCCCC)C(=O)c1c[nH]c2ncc(Br)cc12. The summed E-state index contributed by atoms with van der Waals surface area (Å²) in [5.74, 6) is 0.0160. The van der Waals surface area contributed by atoms with Gasteiger partial charge in [0.1, 0.15) is 5.65 Å². The van der Waals surface area contributed by atoms with E-state index in [1.54, 1.807) is 12.4 Å². The number of aromatic nitrogens is 2. The van der Waals surface area contributed by atoms with Crippen molar-refractivity contribution in [3.05, 3.63) is 40.6 Å². The summed E-state index contributed by atoms with van der Waals surface area (Å²) in [5.41, 5.74) is 2.06. The lowest BCUT2D eigenvalue weighted by atomic mass is 10.00. The molecule has 0 fully saturated rings. The number of aromatic amines is 1. The molecule has 0 unspecified atom stereocenters. The van der Waals surface area contributed by atoms with Gasteiger partial charge in [-0.25, -0.2) is 4.98 Å². The Balaban J connectivity index is 2.21. The molecule has 0 aromatic carbocycles. The van der Waals surface area contributed by atoms with E-state index < -0.39 is 0 Å². The number of rotatable bonds is 6. The smallest absolute Gasteiger partial charge is 0.190 e. The number of pyridine rings is 1. The summed E-state index contributed by atoms with van der Waals surface area (Å²) in [6.45, 7) is 6.06. The summed E-state index contributed by atoms with van der Waals surface area (Å²) < 4.78 is 0.866. The zero-order valence-electron chi connectivity index (χ0n) is 11.0. The lowest BCUT2D eigenvalue weighted by Gasteiger charge is -2.03. The molecular weight excluding hydrogens is 304 g/mol. The van der Waals surface area contributed by atoms with Crippen LogP contribution in [0.5, 0.6) is 0 Å². The van der Waals surface area contributed by atoms with E-state index in [-0.39, 0.29) is 5.78 Å². The molecule has 2 heterocycles. The number of H-pyrrole nitrogens is 1. The standard InChI is InChI=1S/C15H17BrN2O/c1-3-4-5-6-10(2)14(19)13-9-18-15-12(13)7-11(16)8-17-15/h7-9H,2-6H2,1H3,(H,17,18). The number of fused-ring (bicyclic) bond motifs is 1. The topological polar surface area (TPSA) is 45.8 Å². The third-order valence-electron chi connectivity index (χ3n) is 3.15.